The number of thiazole rings is 1. The van der Waals surface area contributed by atoms with Crippen molar-refractivity contribution < 1.29 is 14.3 Å². The first kappa shape index (κ1) is 21.0. The summed E-state index contributed by atoms with van der Waals surface area (Å²) in [7, 11) is 0. The van der Waals surface area contributed by atoms with Crippen molar-refractivity contribution in [1.82, 2.24) is 20.2 Å². The summed E-state index contributed by atoms with van der Waals surface area (Å²) in [6.07, 6.45) is 2.03. The zero-order valence-corrected chi connectivity index (χ0v) is 17.4. The van der Waals surface area contributed by atoms with E-state index < -0.39 is 6.09 Å². The van der Waals surface area contributed by atoms with Crippen molar-refractivity contribution in [2.45, 2.75) is 47.1 Å². The van der Waals surface area contributed by atoms with E-state index in [4.69, 9.17) is 4.74 Å². The third-order valence-electron chi connectivity index (χ3n) is 4.15. The van der Waals surface area contributed by atoms with Gasteiger partial charge in [-0.05, 0) is 39.2 Å². The van der Waals surface area contributed by atoms with Crippen molar-refractivity contribution in [3.05, 3.63) is 34.6 Å². The van der Waals surface area contributed by atoms with Crippen LogP contribution in [0.5, 0.6) is 0 Å². The lowest BCUT2D eigenvalue weighted by molar-refractivity contribution is 0.0944. The van der Waals surface area contributed by atoms with Gasteiger partial charge in [-0.1, -0.05) is 13.8 Å². The normalized spacial score (nSPS) is 12.1. The number of nitrogens with one attached hydrogen (secondary N) is 2. The van der Waals surface area contributed by atoms with Crippen molar-refractivity contribution in [2.24, 2.45) is 5.92 Å². The van der Waals surface area contributed by atoms with Gasteiger partial charge in [-0.3, -0.25) is 9.36 Å². The quantitative estimate of drug-likeness (QED) is 0.721. The molecule has 2 aromatic rings. The maximum absolute atomic E-state index is 12.7. The van der Waals surface area contributed by atoms with Gasteiger partial charge in [0.05, 0.1) is 12.2 Å². The average molecular weight is 393 g/mol. The number of ether oxygens (including phenoxy) is 1. The molecule has 2 N–H and O–H groups in total. The number of hydrogen-bond acceptors (Lipinski definition) is 5. The van der Waals surface area contributed by atoms with Crippen molar-refractivity contribution >= 4 is 23.3 Å². The predicted octanol–water partition coefficient (Wildman–Crippen LogP) is 3.44. The Labute approximate surface area is 164 Å². The van der Waals surface area contributed by atoms with Gasteiger partial charge >= 0.3 is 6.09 Å². The molecule has 2 aromatic heterocycles. The smallest absolute Gasteiger partial charge is 0.407 e. The number of amides is 2. The standard InChI is InChI=1S/C19H28N4O3S/c1-6-26-19(25)22-15(9-12(2)3)11-21-17(24)16-10-13(4)23(14(16)5)18-20-7-8-27-18/h7-8,10,12,15H,6,9,11H2,1-5H3,(H,21,24)(H,22,25). The third-order valence-corrected chi connectivity index (χ3v) is 4.91. The Morgan fingerprint density at radius 3 is 2.67 bits per heavy atom. The molecular formula is C19H28N4O3S. The van der Waals surface area contributed by atoms with Crippen LogP contribution < -0.4 is 10.6 Å². The largest absolute Gasteiger partial charge is 0.450 e. The Morgan fingerprint density at radius 2 is 2.07 bits per heavy atom. The Morgan fingerprint density at radius 1 is 1.33 bits per heavy atom. The minimum atomic E-state index is -0.459. The molecule has 0 radical (unpaired) electrons. The maximum Gasteiger partial charge on any atom is 0.407 e. The van der Waals surface area contributed by atoms with E-state index in [1.165, 1.54) is 11.3 Å². The number of carbonyl (C=O) groups is 2. The van der Waals surface area contributed by atoms with Crippen molar-refractivity contribution in [3.8, 4) is 5.13 Å². The number of carbonyl (C=O) groups excluding carboxylic acids is 2. The third kappa shape index (κ3) is 5.56. The van der Waals surface area contributed by atoms with Gasteiger partial charge in [-0.2, -0.15) is 0 Å². The molecule has 0 aliphatic rings. The number of rotatable bonds is 8. The molecule has 0 fully saturated rings. The molecule has 2 amide bonds. The fourth-order valence-electron chi connectivity index (χ4n) is 3.03. The van der Waals surface area contributed by atoms with Crippen LogP contribution in [0.15, 0.2) is 17.6 Å². The van der Waals surface area contributed by atoms with Crippen LogP contribution in [0.2, 0.25) is 0 Å². The van der Waals surface area contributed by atoms with E-state index in [0.717, 1.165) is 22.9 Å². The second-order valence-corrected chi connectivity index (χ2v) is 7.71. The van der Waals surface area contributed by atoms with Crippen LogP contribution in [0.4, 0.5) is 4.79 Å². The van der Waals surface area contributed by atoms with E-state index in [0.29, 0.717) is 24.6 Å². The van der Waals surface area contributed by atoms with Gasteiger partial charge in [0.2, 0.25) is 0 Å². The second kappa shape index (κ2) is 9.55. The molecule has 0 saturated carbocycles. The van der Waals surface area contributed by atoms with E-state index in [1.807, 2.05) is 29.9 Å². The number of hydrogen-bond donors (Lipinski definition) is 2. The minimum absolute atomic E-state index is 0.162. The van der Waals surface area contributed by atoms with E-state index >= 15 is 0 Å². The summed E-state index contributed by atoms with van der Waals surface area (Å²) in [6, 6.07) is 1.68. The fourth-order valence-corrected chi connectivity index (χ4v) is 3.78. The Kier molecular flexibility index (Phi) is 7.41. The molecule has 0 aliphatic heterocycles. The van der Waals surface area contributed by atoms with Crippen molar-refractivity contribution in [3.63, 3.8) is 0 Å². The highest BCUT2D eigenvalue weighted by atomic mass is 32.1. The zero-order valence-electron chi connectivity index (χ0n) is 16.5. The summed E-state index contributed by atoms with van der Waals surface area (Å²) >= 11 is 1.52. The van der Waals surface area contributed by atoms with E-state index in [9.17, 15) is 9.59 Å². The molecule has 1 atom stereocenters. The predicted molar refractivity (Wildman–Crippen MR) is 107 cm³/mol. The first-order valence-electron chi connectivity index (χ1n) is 9.13. The summed E-state index contributed by atoms with van der Waals surface area (Å²) in [5.74, 6) is 0.217. The molecule has 2 rings (SSSR count). The van der Waals surface area contributed by atoms with E-state index in [-0.39, 0.29) is 11.9 Å². The van der Waals surface area contributed by atoms with Crippen LogP contribution in [-0.4, -0.2) is 40.7 Å². The van der Waals surface area contributed by atoms with Crippen LogP contribution in [0.1, 0.15) is 48.9 Å². The molecular weight excluding hydrogens is 364 g/mol. The van der Waals surface area contributed by atoms with Crippen LogP contribution >= 0.6 is 11.3 Å². The molecule has 8 heteroatoms. The maximum atomic E-state index is 12.7. The van der Waals surface area contributed by atoms with Gasteiger partial charge in [-0.25, -0.2) is 9.78 Å². The number of aromatic nitrogens is 2. The summed E-state index contributed by atoms with van der Waals surface area (Å²) in [6.45, 7) is 10.4. The van der Waals surface area contributed by atoms with Crippen LogP contribution in [0, 0.1) is 19.8 Å². The topological polar surface area (TPSA) is 85.3 Å². The fraction of sp³-hybridized carbons (Fsp3) is 0.526. The molecule has 0 saturated heterocycles. The van der Waals surface area contributed by atoms with Gasteiger partial charge in [0.15, 0.2) is 5.13 Å². The summed E-state index contributed by atoms with van der Waals surface area (Å²) in [5, 5.41) is 8.51. The molecule has 27 heavy (non-hydrogen) atoms. The highest BCUT2D eigenvalue weighted by Crippen LogP contribution is 2.22. The lowest BCUT2D eigenvalue weighted by Crippen LogP contribution is -2.44. The molecule has 0 bridgehead atoms. The Bertz CT molecular complexity index is 768. The molecule has 148 valence electrons. The molecule has 0 aromatic carbocycles. The summed E-state index contributed by atoms with van der Waals surface area (Å²) < 4.78 is 6.93. The van der Waals surface area contributed by atoms with Crippen molar-refractivity contribution in [2.75, 3.05) is 13.2 Å². The highest BCUT2D eigenvalue weighted by Gasteiger charge is 2.20. The average Bonchev–Trinajstić information content (AvgIpc) is 3.20. The summed E-state index contributed by atoms with van der Waals surface area (Å²) in [4.78, 5) is 28.8. The van der Waals surface area contributed by atoms with Crippen molar-refractivity contribution in [1.29, 1.82) is 0 Å². The van der Waals surface area contributed by atoms with E-state index in [2.05, 4.69) is 29.5 Å². The van der Waals surface area contributed by atoms with Gasteiger partial charge in [-0.15, -0.1) is 11.3 Å². The molecule has 0 aliphatic carbocycles. The van der Waals surface area contributed by atoms with Gasteiger partial charge in [0.25, 0.3) is 5.91 Å². The first-order valence-corrected chi connectivity index (χ1v) is 10.0. The Hall–Kier alpha value is -2.35. The highest BCUT2D eigenvalue weighted by molar-refractivity contribution is 7.12. The molecule has 0 spiro atoms. The first-order chi connectivity index (χ1) is 12.8. The molecule has 7 nitrogen and oxygen atoms in total. The monoisotopic (exact) mass is 392 g/mol. The van der Waals surface area contributed by atoms with Crippen LogP contribution in [0.25, 0.3) is 5.13 Å². The number of aryl methyl sites for hydroxylation is 1. The lowest BCUT2D eigenvalue weighted by atomic mass is 10.0. The SMILES string of the molecule is CCOC(=O)NC(CNC(=O)c1cc(C)n(-c2nccs2)c1C)CC(C)C. The van der Waals surface area contributed by atoms with Crippen LogP contribution in [0.3, 0.4) is 0 Å². The van der Waals surface area contributed by atoms with Gasteiger partial charge in [0.1, 0.15) is 0 Å². The Balaban J connectivity index is 2.07. The van der Waals surface area contributed by atoms with Gasteiger partial charge in [0, 0.05) is 35.6 Å². The zero-order chi connectivity index (χ0) is 20.0. The van der Waals surface area contributed by atoms with E-state index in [1.54, 1.807) is 13.1 Å². The minimum Gasteiger partial charge on any atom is -0.450 e. The number of alkyl carbamates (subject to hydrolysis) is 1. The summed E-state index contributed by atoms with van der Waals surface area (Å²) in [5.41, 5.74) is 2.41. The molecule has 2 heterocycles. The number of nitrogens with zero attached hydrogens (tertiary/aromatic N) is 2. The second-order valence-electron chi connectivity index (χ2n) is 6.84. The lowest BCUT2D eigenvalue weighted by Gasteiger charge is -2.20. The molecule has 1 unspecified atom stereocenters. The van der Waals surface area contributed by atoms with Gasteiger partial charge < -0.3 is 15.4 Å². The van der Waals surface area contributed by atoms with Crippen LogP contribution in [-0.2, 0) is 4.74 Å².